The number of hydrogen-bond acceptors (Lipinski definition) is 1. The Hall–Kier alpha value is -0.330. The van der Waals surface area contributed by atoms with Gasteiger partial charge in [0.2, 0.25) is 0 Å². The van der Waals surface area contributed by atoms with Crippen molar-refractivity contribution in [3.05, 3.63) is 0 Å². The molecule has 0 bridgehead atoms. The highest BCUT2D eigenvalue weighted by molar-refractivity contribution is 5.85. The lowest BCUT2D eigenvalue weighted by atomic mass is 9.66. The van der Waals surface area contributed by atoms with Crippen LogP contribution in [0.1, 0.15) is 46.5 Å². The molecule has 0 spiro atoms. The average molecular weight is 167 g/mol. The van der Waals surface area contributed by atoms with E-state index in [-0.39, 0.29) is 0 Å². The molecule has 2 unspecified atom stereocenters. The molecule has 0 aromatic rings. The summed E-state index contributed by atoms with van der Waals surface area (Å²) in [6.45, 7) is 7.10. The van der Waals surface area contributed by atoms with Crippen molar-refractivity contribution >= 4 is 5.71 Å². The zero-order chi connectivity index (χ0) is 9.19. The first-order valence-electron chi connectivity index (χ1n) is 5.07. The van der Waals surface area contributed by atoms with Gasteiger partial charge in [-0.1, -0.05) is 27.2 Å². The average Bonchev–Trinajstić information content (AvgIpc) is 2.10. The number of hydrogen-bond donors (Lipinski definition) is 0. The van der Waals surface area contributed by atoms with Crippen molar-refractivity contribution in [2.24, 2.45) is 16.3 Å². The van der Waals surface area contributed by atoms with Crippen LogP contribution in [-0.4, -0.2) is 12.8 Å². The smallest absolute Gasteiger partial charge is 0.0276 e. The minimum absolute atomic E-state index is 0.578. The second-order valence-electron chi connectivity index (χ2n) is 4.40. The molecule has 0 aromatic heterocycles. The normalized spacial score (nSPS) is 40.3. The summed E-state index contributed by atoms with van der Waals surface area (Å²) < 4.78 is 0. The topological polar surface area (TPSA) is 12.4 Å². The molecule has 1 saturated carbocycles. The fraction of sp³-hybridized carbons (Fsp3) is 0.909. The zero-order valence-corrected chi connectivity index (χ0v) is 8.85. The molecule has 1 aliphatic carbocycles. The van der Waals surface area contributed by atoms with Crippen molar-refractivity contribution in [3.8, 4) is 0 Å². The summed E-state index contributed by atoms with van der Waals surface area (Å²) in [7, 11) is 1.93. The molecule has 70 valence electrons. The third-order valence-corrected chi connectivity index (χ3v) is 3.84. The van der Waals surface area contributed by atoms with Crippen molar-refractivity contribution in [1.82, 2.24) is 0 Å². The van der Waals surface area contributed by atoms with E-state index < -0.39 is 0 Å². The van der Waals surface area contributed by atoms with Crippen LogP contribution in [0.5, 0.6) is 0 Å². The molecular weight excluding hydrogens is 146 g/mol. The van der Waals surface area contributed by atoms with Gasteiger partial charge in [0.15, 0.2) is 0 Å². The Morgan fingerprint density at radius 1 is 1.58 bits per heavy atom. The van der Waals surface area contributed by atoms with Gasteiger partial charge in [0.25, 0.3) is 0 Å². The van der Waals surface area contributed by atoms with E-state index in [1.54, 1.807) is 0 Å². The summed E-state index contributed by atoms with van der Waals surface area (Å²) >= 11 is 0. The molecular formula is C11H21N. The van der Waals surface area contributed by atoms with E-state index in [1.165, 1.54) is 31.4 Å². The Morgan fingerprint density at radius 3 is 2.67 bits per heavy atom. The summed E-state index contributed by atoms with van der Waals surface area (Å²) in [5.74, 6) is 0.815. The second kappa shape index (κ2) is 3.59. The molecule has 1 heteroatoms. The van der Waals surface area contributed by atoms with Gasteiger partial charge in [0, 0.05) is 12.8 Å². The minimum atomic E-state index is 0.578. The second-order valence-corrected chi connectivity index (χ2v) is 4.40. The molecule has 0 heterocycles. The number of rotatable bonds is 1. The van der Waals surface area contributed by atoms with Crippen LogP contribution >= 0.6 is 0 Å². The van der Waals surface area contributed by atoms with Gasteiger partial charge < -0.3 is 0 Å². The van der Waals surface area contributed by atoms with Crippen molar-refractivity contribution in [1.29, 1.82) is 0 Å². The van der Waals surface area contributed by atoms with Crippen LogP contribution in [0.25, 0.3) is 0 Å². The molecule has 1 nitrogen and oxygen atoms in total. The van der Waals surface area contributed by atoms with E-state index >= 15 is 0 Å². The Balaban J connectivity index is 2.65. The molecule has 12 heavy (non-hydrogen) atoms. The van der Waals surface area contributed by atoms with E-state index in [2.05, 4.69) is 25.8 Å². The van der Waals surface area contributed by atoms with E-state index in [4.69, 9.17) is 0 Å². The molecule has 0 radical (unpaired) electrons. The lowest BCUT2D eigenvalue weighted by Gasteiger charge is -2.39. The van der Waals surface area contributed by atoms with Gasteiger partial charge >= 0.3 is 0 Å². The van der Waals surface area contributed by atoms with Crippen LogP contribution < -0.4 is 0 Å². The fourth-order valence-electron chi connectivity index (χ4n) is 2.11. The van der Waals surface area contributed by atoms with E-state index in [1.807, 2.05) is 7.05 Å². The highest BCUT2D eigenvalue weighted by atomic mass is 14.7. The predicted octanol–water partition coefficient (Wildman–Crippen LogP) is 3.29. The van der Waals surface area contributed by atoms with E-state index in [0.29, 0.717) is 5.41 Å². The molecule has 1 rings (SSSR count). The van der Waals surface area contributed by atoms with Crippen molar-refractivity contribution in [2.45, 2.75) is 46.5 Å². The van der Waals surface area contributed by atoms with Crippen molar-refractivity contribution in [2.75, 3.05) is 7.05 Å². The molecule has 0 aromatic carbocycles. The molecule has 1 fully saturated rings. The summed E-state index contributed by atoms with van der Waals surface area (Å²) in [6.07, 6.45) is 5.09. The van der Waals surface area contributed by atoms with Crippen LogP contribution in [0, 0.1) is 11.3 Å². The van der Waals surface area contributed by atoms with Crippen LogP contribution in [-0.2, 0) is 0 Å². The van der Waals surface area contributed by atoms with Crippen LogP contribution in [0.15, 0.2) is 4.99 Å². The quantitative estimate of drug-likeness (QED) is 0.568. The fourth-order valence-corrected chi connectivity index (χ4v) is 2.11. The third-order valence-electron chi connectivity index (χ3n) is 3.84. The van der Waals surface area contributed by atoms with Gasteiger partial charge in [0.1, 0.15) is 0 Å². The van der Waals surface area contributed by atoms with Crippen LogP contribution in [0.3, 0.4) is 0 Å². The Labute approximate surface area is 76.3 Å². The Morgan fingerprint density at radius 2 is 2.25 bits per heavy atom. The monoisotopic (exact) mass is 167 g/mol. The highest BCUT2D eigenvalue weighted by Crippen LogP contribution is 2.42. The van der Waals surface area contributed by atoms with Crippen molar-refractivity contribution in [3.63, 3.8) is 0 Å². The molecule has 0 aliphatic heterocycles. The largest absolute Gasteiger partial charge is 0.297 e. The van der Waals surface area contributed by atoms with Crippen LogP contribution in [0.4, 0.5) is 0 Å². The predicted molar refractivity (Wildman–Crippen MR) is 54.8 cm³/mol. The van der Waals surface area contributed by atoms with Gasteiger partial charge in [-0.25, -0.2) is 0 Å². The lowest BCUT2D eigenvalue weighted by Crippen LogP contribution is -2.32. The highest BCUT2D eigenvalue weighted by Gasteiger charge is 2.33. The van der Waals surface area contributed by atoms with E-state index in [0.717, 1.165) is 5.92 Å². The summed E-state index contributed by atoms with van der Waals surface area (Å²) in [4.78, 5) is 4.31. The number of aliphatic imine (C=N–C) groups is 1. The summed E-state index contributed by atoms with van der Waals surface area (Å²) in [5, 5.41) is 0. The van der Waals surface area contributed by atoms with E-state index in [9.17, 15) is 0 Å². The SMILES string of the molecule is CCC1(C)CCC(=NC)CC1C. The molecule has 0 amide bonds. The minimum Gasteiger partial charge on any atom is -0.297 e. The first kappa shape index (κ1) is 9.76. The van der Waals surface area contributed by atoms with Gasteiger partial charge in [-0.15, -0.1) is 0 Å². The number of nitrogens with zero attached hydrogens (tertiary/aromatic N) is 1. The van der Waals surface area contributed by atoms with Gasteiger partial charge in [-0.2, -0.15) is 0 Å². The summed E-state index contributed by atoms with van der Waals surface area (Å²) in [6, 6.07) is 0. The third kappa shape index (κ3) is 1.70. The zero-order valence-electron chi connectivity index (χ0n) is 8.85. The molecule has 2 atom stereocenters. The van der Waals surface area contributed by atoms with Gasteiger partial charge in [0.05, 0.1) is 0 Å². The summed E-state index contributed by atoms with van der Waals surface area (Å²) in [5.41, 5.74) is 2.00. The van der Waals surface area contributed by atoms with Gasteiger partial charge in [-0.3, -0.25) is 4.99 Å². The molecule has 1 aliphatic rings. The first-order chi connectivity index (χ1) is 5.62. The molecule has 0 saturated heterocycles. The maximum Gasteiger partial charge on any atom is 0.0276 e. The Kier molecular flexibility index (Phi) is 2.92. The van der Waals surface area contributed by atoms with Crippen molar-refractivity contribution < 1.29 is 0 Å². The maximum absolute atomic E-state index is 4.31. The van der Waals surface area contributed by atoms with Crippen LogP contribution in [0.2, 0.25) is 0 Å². The maximum atomic E-state index is 4.31. The van der Waals surface area contributed by atoms with Gasteiger partial charge in [-0.05, 0) is 30.6 Å². The molecule has 0 N–H and O–H groups in total. The standard InChI is InChI=1S/C11H21N/c1-5-11(3)7-6-10(12-4)8-9(11)2/h9H,5-8H2,1-4H3. The first-order valence-corrected chi connectivity index (χ1v) is 5.07. The lowest BCUT2D eigenvalue weighted by molar-refractivity contribution is 0.169. The Bertz CT molecular complexity index is 183.